The molecular formula is C24H22FN5O4S. The Kier molecular flexibility index (Phi) is 6.87. The quantitative estimate of drug-likeness (QED) is 0.375. The lowest BCUT2D eigenvalue weighted by atomic mass is 10.0. The number of hydrogen-bond acceptors (Lipinski definition) is 7. The highest BCUT2D eigenvalue weighted by molar-refractivity contribution is 7.92. The number of aromatic nitrogens is 3. The number of carbonyl (C=O) groups is 1. The minimum atomic E-state index is -4.13. The first kappa shape index (κ1) is 24.0. The number of sulfonamides is 1. The number of anilines is 1. The van der Waals surface area contributed by atoms with Crippen molar-refractivity contribution in [3.05, 3.63) is 90.3 Å². The van der Waals surface area contributed by atoms with Crippen molar-refractivity contribution in [2.45, 2.75) is 24.8 Å². The van der Waals surface area contributed by atoms with Crippen molar-refractivity contribution in [2.75, 3.05) is 4.72 Å². The van der Waals surface area contributed by atoms with E-state index in [2.05, 4.69) is 25.2 Å². The average molecular weight is 496 g/mol. The van der Waals surface area contributed by atoms with Crippen LogP contribution in [0, 0.1) is 11.7 Å². The number of carbonyl (C=O) groups excluding carboxylic acids is 1. The topological polar surface area (TPSA) is 127 Å². The third kappa shape index (κ3) is 5.52. The van der Waals surface area contributed by atoms with E-state index in [-0.39, 0.29) is 28.0 Å². The molecule has 0 aliphatic rings. The SMILES string of the molecule is CC(C)C(NC(=O)c1cccc(S(=O)(=O)Nc2ccccc2F)c1)c1nc(-c2ccncc2)no1. The van der Waals surface area contributed by atoms with Crippen LogP contribution in [0.2, 0.25) is 0 Å². The molecular weight excluding hydrogens is 473 g/mol. The van der Waals surface area contributed by atoms with Gasteiger partial charge in [-0.1, -0.05) is 37.2 Å². The Balaban J connectivity index is 1.55. The van der Waals surface area contributed by atoms with Gasteiger partial charge in [-0.2, -0.15) is 4.98 Å². The predicted octanol–water partition coefficient (Wildman–Crippen LogP) is 4.20. The largest absolute Gasteiger partial charge is 0.340 e. The number of halogens is 1. The first-order chi connectivity index (χ1) is 16.7. The Hall–Kier alpha value is -4.12. The molecule has 35 heavy (non-hydrogen) atoms. The minimum absolute atomic E-state index is 0.0981. The molecule has 1 amide bonds. The van der Waals surface area contributed by atoms with Crippen LogP contribution in [0.5, 0.6) is 0 Å². The molecule has 0 saturated carbocycles. The summed E-state index contributed by atoms with van der Waals surface area (Å²) in [5.41, 5.74) is 0.619. The number of benzene rings is 2. The summed E-state index contributed by atoms with van der Waals surface area (Å²) in [7, 11) is -4.13. The fraction of sp³-hybridized carbons (Fsp3) is 0.167. The molecule has 0 fully saturated rings. The highest BCUT2D eigenvalue weighted by atomic mass is 32.2. The molecule has 4 aromatic rings. The fourth-order valence-electron chi connectivity index (χ4n) is 3.27. The summed E-state index contributed by atoms with van der Waals surface area (Å²) < 4.78 is 47.1. The molecule has 4 rings (SSSR count). The standard InChI is InChI=1S/C24H22FN5O4S/c1-15(2)21(24-28-22(29-34-24)16-10-12-26-13-11-16)27-23(31)17-6-5-7-18(14-17)35(32,33)30-20-9-4-3-8-19(20)25/h3-15,21,30H,1-2H3,(H,27,31). The molecule has 0 bridgehead atoms. The van der Waals surface area contributed by atoms with Gasteiger partial charge in [0, 0.05) is 23.5 Å². The van der Waals surface area contributed by atoms with E-state index in [9.17, 15) is 17.6 Å². The van der Waals surface area contributed by atoms with Gasteiger partial charge in [0.05, 0.1) is 10.6 Å². The number of nitrogens with zero attached hydrogens (tertiary/aromatic N) is 3. The zero-order chi connectivity index (χ0) is 25.0. The zero-order valence-electron chi connectivity index (χ0n) is 18.8. The van der Waals surface area contributed by atoms with Crippen molar-refractivity contribution in [1.82, 2.24) is 20.4 Å². The van der Waals surface area contributed by atoms with E-state index in [1.54, 1.807) is 24.5 Å². The number of para-hydroxylation sites is 1. The third-order valence-corrected chi connectivity index (χ3v) is 6.49. The van der Waals surface area contributed by atoms with E-state index < -0.39 is 27.8 Å². The fourth-order valence-corrected chi connectivity index (χ4v) is 4.38. The molecule has 180 valence electrons. The second-order valence-electron chi connectivity index (χ2n) is 8.00. The van der Waals surface area contributed by atoms with E-state index in [0.717, 1.165) is 6.07 Å². The normalized spacial score (nSPS) is 12.3. The van der Waals surface area contributed by atoms with Crippen molar-refractivity contribution in [1.29, 1.82) is 0 Å². The Morgan fingerprint density at radius 1 is 1.03 bits per heavy atom. The maximum absolute atomic E-state index is 13.9. The molecule has 0 saturated heterocycles. The highest BCUT2D eigenvalue weighted by Gasteiger charge is 2.26. The molecule has 2 aromatic heterocycles. The second kappa shape index (κ2) is 10.0. The van der Waals surface area contributed by atoms with Crippen LogP contribution in [0.3, 0.4) is 0 Å². The summed E-state index contributed by atoms with van der Waals surface area (Å²) in [6.07, 6.45) is 3.21. The maximum Gasteiger partial charge on any atom is 0.262 e. The van der Waals surface area contributed by atoms with Crippen molar-refractivity contribution >= 4 is 21.6 Å². The zero-order valence-corrected chi connectivity index (χ0v) is 19.7. The average Bonchev–Trinajstić information content (AvgIpc) is 3.34. The van der Waals surface area contributed by atoms with Gasteiger partial charge in [0.1, 0.15) is 11.9 Å². The molecule has 2 heterocycles. The van der Waals surface area contributed by atoms with E-state index >= 15 is 0 Å². The number of nitrogens with one attached hydrogen (secondary N) is 2. The summed E-state index contributed by atoms with van der Waals surface area (Å²) >= 11 is 0. The van der Waals surface area contributed by atoms with E-state index in [0.29, 0.717) is 11.4 Å². The first-order valence-corrected chi connectivity index (χ1v) is 12.1. The lowest BCUT2D eigenvalue weighted by Gasteiger charge is -2.18. The lowest BCUT2D eigenvalue weighted by molar-refractivity contribution is 0.0913. The highest BCUT2D eigenvalue weighted by Crippen LogP contribution is 2.25. The Morgan fingerprint density at radius 2 is 1.77 bits per heavy atom. The number of pyridine rings is 1. The Morgan fingerprint density at radius 3 is 2.49 bits per heavy atom. The number of hydrogen-bond donors (Lipinski definition) is 2. The summed E-state index contributed by atoms with van der Waals surface area (Å²) in [4.78, 5) is 21.2. The predicted molar refractivity (Wildman–Crippen MR) is 126 cm³/mol. The van der Waals surface area contributed by atoms with Crippen LogP contribution in [0.4, 0.5) is 10.1 Å². The van der Waals surface area contributed by atoms with Gasteiger partial charge in [0.15, 0.2) is 0 Å². The molecule has 9 nitrogen and oxygen atoms in total. The van der Waals surface area contributed by atoms with Crippen LogP contribution in [0.15, 0.2) is 82.5 Å². The Bertz CT molecular complexity index is 1440. The van der Waals surface area contributed by atoms with Crippen molar-refractivity contribution in [3.8, 4) is 11.4 Å². The van der Waals surface area contributed by atoms with E-state index in [1.165, 1.54) is 42.5 Å². The monoisotopic (exact) mass is 495 g/mol. The van der Waals surface area contributed by atoms with Gasteiger partial charge in [0.2, 0.25) is 11.7 Å². The molecule has 0 spiro atoms. The van der Waals surface area contributed by atoms with Crippen LogP contribution in [-0.4, -0.2) is 29.4 Å². The van der Waals surface area contributed by atoms with Gasteiger partial charge in [-0.15, -0.1) is 0 Å². The van der Waals surface area contributed by atoms with Crippen molar-refractivity contribution in [2.24, 2.45) is 5.92 Å². The third-order valence-electron chi connectivity index (χ3n) is 5.12. The van der Waals surface area contributed by atoms with Gasteiger partial charge in [0.25, 0.3) is 15.9 Å². The van der Waals surface area contributed by atoms with Gasteiger partial charge in [-0.05, 0) is 48.4 Å². The van der Waals surface area contributed by atoms with Crippen LogP contribution in [0.1, 0.15) is 36.1 Å². The number of rotatable bonds is 8. The van der Waals surface area contributed by atoms with Gasteiger partial charge in [-0.3, -0.25) is 14.5 Å². The van der Waals surface area contributed by atoms with E-state index in [1.807, 2.05) is 13.8 Å². The Labute approximate surface area is 201 Å². The van der Waals surface area contributed by atoms with Crippen LogP contribution in [-0.2, 0) is 10.0 Å². The second-order valence-corrected chi connectivity index (χ2v) is 9.68. The summed E-state index contributed by atoms with van der Waals surface area (Å²) in [6, 6.07) is 13.7. The minimum Gasteiger partial charge on any atom is -0.340 e. The van der Waals surface area contributed by atoms with Crippen LogP contribution < -0.4 is 10.0 Å². The van der Waals surface area contributed by atoms with Gasteiger partial charge in [-0.25, -0.2) is 12.8 Å². The van der Waals surface area contributed by atoms with E-state index in [4.69, 9.17) is 4.52 Å². The lowest BCUT2D eigenvalue weighted by Crippen LogP contribution is -2.32. The van der Waals surface area contributed by atoms with Crippen LogP contribution >= 0.6 is 0 Å². The first-order valence-electron chi connectivity index (χ1n) is 10.7. The number of amides is 1. The molecule has 0 aliphatic heterocycles. The summed E-state index contributed by atoms with van der Waals surface area (Å²) in [5.74, 6) is -0.787. The molecule has 2 aromatic carbocycles. The molecule has 11 heteroatoms. The maximum atomic E-state index is 13.9. The van der Waals surface area contributed by atoms with Crippen LogP contribution in [0.25, 0.3) is 11.4 Å². The molecule has 0 aliphatic carbocycles. The molecule has 1 unspecified atom stereocenters. The molecule has 0 radical (unpaired) electrons. The van der Waals surface area contributed by atoms with Gasteiger partial charge < -0.3 is 9.84 Å². The summed E-state index contributed by atoms with van der Waals surface area (Å²) in [5, 5.41) is 6.81. The molecule has 2 N–H and O–H groups in total. The smallest absolute Gasteiger partial charge is 0.262 e. The van der Waals surface area contributed by atoms with Crippen molar-refractivity contribution in [3.63, 3.8) is 0 Å². The van der Waals surface area contributed by atoms with Gasteiger partial charge >= 0.3 is 0 Å². The summed E-state index contributed by atoms with van der Waals surface area (Å²) in [6.45, 7) is 3.75. The molecule has 1 atom stereocenters. The van der Waals surface area contributed by atoms with Crippen molar-refractivity contribution < 1.29 is 22.1 Å².